The molecule has 0 unspecified atom stereocenters. The number of amides is 1. The van der Waals surface area contributed by atoms with E-state index in [2.05, 4.69) is 5.32 Å². The van der Waals surface area contributed by atoms with E-state index in [1.165, 1.54) is 0 Å². The number of fused-ring (bicyclic) bond motifs is 1. The molecular weight excluding hydrogens is 264 g/mol. The number of benzene rings is 1. The molecule has 4 heteroatoms. The van der Waals surface area contributed by atoms with E-state index >= 15 is 0 Å². The van der Waals surface area contributed by atoms with Gasteiger partial charge in [-0.1, -0.05) is 17.7 Å². The van der Waals surface area contributed by atoms with Crippen molar-refractivity contribution in [1.29, 1.82) is 0 Å². The average Bonchev–Trinajstić information content (AvgIpc) is 3.22. The topological polar surface area (TPSA) is 51.1 Å². The zero-order valence-electron chi connectivity index (χ0n) is 12.6. The first-order valence-corrected chi connectivity index (χ1v) is 7.44. The smallest absolute Gasteiger partial charge is 0.268 e. The Morgan fingerprint density at radius 3 is 2.62 bits per heavy atom. The SMILES string of the molecule is Cc1ccc2cc(C(=O)NC3CC3)n(C(C)C)c(=O)c2c1. The molecule has 1 heterocycles. The lowest BCUT2D eigenvalue weighted by Crippen LogP contribution is -2.34. The van der Waals surface area contributed by atoms with Crippen molar-refractivity contribution >= 4 is 16.7 Å². The maximum Gasteiger partial charge on any atom is 0.268 e. The molecule has 0 bridgehead atoms. The van der Waals surface area contributed by atoms with Crippen molar-refractivity contribution in [1.82, 2.24) is 9.88 Å². The van der Waals surface area contributed by atoms with Crippen molar-refractivity contribution in [2.75, 3.05) is 0 Å². The number of carbonyl (C=O) groups is 1. The number of nitrogens with one attached hydrogen (secondary N) is 1. The highest BCUT2D eigenvalue weighted by Crippen LogP contribution is 2.21. The van der Waals surface area contributed by atoms with E-state index in [4.69, 9.17) is 0 Å². The second kappa shape index (κ2) is 5.02. The number of carbonyl (C=O) groups excluding carboxylic acids is 1. The van der Waals surface area contributed by atoms with Crippen molar-refractivity contribution in [2.45, 2.75) is 45.7 Å². The summed E-state index contributed by atoms with van der Waals surface area (Å²) < 4.78 is 1.60. The van der Waals surface area contributed by atoms with Crippen molar-refractivity contribution in [2.24, 2.45) is 0 Å². The maximum absolute atomic E-state index is 12.7. The summed E-state index contributed by atoms with van der Waals surface area (Å²) in [4.78, 5) is 25.1. The molecule has 1 amide bonds. The second-order valence-electron chi connectivity index (χ2n) is 6.14. The van der Waals surface area contributed by atoms with Crippen LogP contribution in [0.5, 0.6) is 0 Å². The van der Waals surface area contributed by atoms with Crippen molar-refractivity contribution in [3.05, 3.63) is 45.9 Å². The maximum atomic E-state index is 12.7. The van der Waals surface area contributed by atoms with Crippen LogP contribution >= 0.6 is 0 Å². The second-order valence-corrected chi connectivity index (χ2v) is 6.14. The van der Waals surface area contributed by atoms with Crippen LogP contribution in [0.3, 0.4) is 0 Å². The summed E-state index contributed by atoms with van der Waals surface area (Å²) in [6.07, 6.45) is 2.06. The van der Waals surface area contributed by atoms with E-state index in [1.54, 1.807) is 4.57 Å². The minimum atomic E-state index is -0.147. The summed E-state index contributed by atoms with van der Waals surface area (Å²) in [5, 5.41) is 4.47. The van der Waals surface area contributed by atoms with Crippen molar-refractivity contribution < 1.29 is 4.79 Å². The summed E-state index contributed by atoms with van der Waals surface area (Å²) in [6.45, 7) is 5.82. The van der Waals surface area contributed by atoms with Gasteiger partial charge in [0.15, 0.2) is 0 Å². The van der Waals surface area contributed by atoms with Gasteiger partial charge in [0.05, 0.1) is 0 Å². The minimum absolute atomic E-state index is 0.0534. The van der Waals surface area contributed by atoms with Crippen LogP contribution in [0.1, 0.15) is 48.8 Å². The molecule has 1 saturated carbocycles. The fourth-order valence-electron chi connectivity index (χ4n) is 2.61. The largest absolute Gasteiger partial charge is 0.348 e. The lowest BCUT2D eigenvalue weighted by atomic mass is 10.1. The Hall–Kier alpha value is -2.10. The molecule has 3 rings (SSSR count). The Morgan fingerprint density at radius 1 is 1.29 bits per heavy atom. The highest BCUT2D eigenvalue weighted by molar-refractivity contribution is 5.97. The van der Waals surface area contributed by atoms with Crippen LogP contribution < -0.4 is 10.9 Å². The predicted octanol–water partition coefficient (Wildman–Crippen LogP) is 2.78. The molecule has 1 aliphatic rings. The average molecular weight is 284 g/mol. The number of rotatable bonds is 3. The normalized spacial score (nSPS) is 14.7. The van der Waals surface area contributed by atoms with Crippen LogP contribution in [0.4, 0.5) is 0 Å². The molecule has 1 aromatic heterocycles. The predicted molar refractivity (Wildman–Crippen MR) is 83.8 cm³/mol. The van der Waals surface area contributed by atoms with Crippen molar-refractivity contribution in [3.8, 4) is 0 Å². The first-order chi connectivity index (χ1) is 9.97. The molecular formula is C17H20N2O2. The van der Waals surface area contributed by atoms with Gasteiger partial charge < -0.3 is 9.88 Å². The van der Waals surface area contributed by atoms with Gasteiger partial charge in [-0.15, -0.1) is 0 Å². The van der Waals surface area contributed by atoms with E-state index in [-0.39, 0.29) is 23.6 Å². The van der Waals surface area contributed by atoms with Crippen LogP contribution in [-0.4, -0.2) is 16.5 Å². The Balaban J connectivity index is 2.21. The molecule has 1 aromatic carbocycles. The van der Waals surface area contributed by atoms with E-state index in [0.717, 1.165) is 23.8 Å². The number of hydrogen-bond acceptors (Lipinski definition) is 2. The molecule has 1 aliphatic carbocycles. The van der Waals surface area contributed by atoms with Crippen LogP contribution in [0.15, 0.2) is 29.1 Å². The quantitative estimate of drug-likeness (QED) is 0.942. The third-order valence-corrected chi connectivity index (χ3v) is 3.87. The zero-order valence-corrected chi connectivity index (χ0v) is 12.6. The van der Waals surface area contributed by atoms with Crippen molar-refractivity contribution in [3.63, 3.8) is 0 Å². The third kappa shape index (κ3) is 2.58. The lowest BCUT2D eigenvalue weighted by molar-refractivity contribution is 0.0939. The van der Waals surface area contributed by atoms with Gasteiger partial charge in [0, 0.05) is 17.5 Å². The van der Waals surface area contributed by atoms with Crippen LogP contribution in [-0.2, 0) is 0 Å². The first kappa shape index (κ1) is 13.9. The summed E-state index contributed by atoms with van der Waals surface area (Å²) in [5.41, 5.74) is 1.41. The van der Waals surface area contributed by atoms with Gasteiger partial charge in [0.1, 0.15) is 5.69 Å². The van der Waals surface area contributed by atoms with E-state index in [9.17, 15) is 9.59 Å². The molecule has 21 heavy (non-hydrogen) atoms. The molecule has 1 N–H and O–H groups in total. The number of aromatic nitrogens is 1. The van der Waals surface area contributed by atoms with Gasteiger partial charge in [0.25, 0.3) is 11.5 Å². The van der Waals surface area contributed by atoms with Crippen LogP contribution in [0.25, 0.3) is 10.8 Å². The third-order valence-electron chi connectivity index (χ3n) is 3.87. The van der Waals surface area contributed by atoms with Gasteiger partial charge in [-0.25, -0.2) is 0 Å². The number of hydrogen-bond donors (Lipinski definition) is 1. The van der Waals surface area contributed by atoms with Crippen LogP contribution in [0.2, 0.25) is 0 Å². The molecule has 0 radical (unpaired) electrons. The molecule has 1 fully saturated rings. The minimum Gasteiger partial charge on any atom is -0.348 e. The lowest BCUT2D eigenvalue weighted by Gasteiger charge is -2.17. The highest BCUT2D eigenvalue weighted by Gasteiger charge is 2.26. The molecule has 0 saturated heterocycles. The zero-order chi connectivity index (χ0) is 15.1. The summed E-state index contributed by atoms with van der Waals surface area (Å²) in [7, 11) is 0. The summed E-state index contributed by atoms with van der Waals surface area (Å²) >= 11 is 0. The fraction of sp³-hybridized carbons (Fsp3) is 0.412. The molecule has 0 atom stereocenters. The van der Waals surface area contributed by atoms with Gasteiger partial charge in [0.2, 0.25) is 0 Å². The van der Waals surface area contributed by atoms with E-state index < -0.39 is 0 Å². The first-order valence-electron chi connectivity index (χ1n) is 7.44. The number of aryl methyl sites for hydroxylation is 1. The van der Waals surface area contributed by atoms with E-state index in [0.29, 0.717) is 11.1 Å². The number of pyridine rings is 1. The Kier molecular flexibility index (Phi) is 3.32. The summed E-state index contributed by atoms with van der Waals surface area (Å²) in [6, 6.07) is 7.81. The van der Waals surface area contributed by atoms with Gasteiger partial charge in [-0.05, 0) is 51.1 Å². The molecule has 110 valence electrons. The molecule has 0 aliphatic heterocycles. The molecule has 0 spiro atoms. The Bertz CT molecular complexity index is 770. The Labute approximate surface area is 123 Å². The fourth-order valence-corrected chi connectivity index (χ4v) is 2.61. The van der Waals surface area contributed by atoms with Gasteiger partial charge >= 0.3 is 0 Å². The Morgan fingerprint density at radius 2 is 2.00 bits per heavy atom. The summed E-state index contributed by atoms with van der Waals surface area (Å²) in [5.74, 6) is -0.147. The van der Waals surface area contributed by atoms with E-state index in [1.807, 2.05) is 45.0 Å². The standard InChI is InChI=1S/C17H20N2O2/c1-10(2)19-15(16(20)18-13-6-7-13)9-12-5-4-11(3)8-14(12)17(19)21/h4-5,8-10,13H,6-7H2,1-3H3,(H,18,20). The van der Waals surface area contributed by atoms with Crippen LogP contribution in [0, 0.1) is 6.92 Å². The molecule has 2 aromatic rings. The van der Waals surface area contributed by atoms with Gasteiger partial charge in [-0.3, -0.25) is 9.59 Å². The molecule has 4 nitrogen and oxygen atoms in total. The number of nitrogens with zero attached hydrogens (tertiary/aromatic N) is 1. The van der Waals surface area contributed by atoms with Gasteiger partial charge in [-0.2, -0.15) is 0 Å². The highest BCUT2D eigenvalue weighted by atomic mass is 16.2. The monoisotopic (exact) mass is 284 g/mol.